The maximum atomic E-state index is 4.08. The molecule has 0 N–H and O–H groups in total. The van der Waals surface area contributed by atoms with Crippen molar-refractivity contribution in [1.29, 1.82) is 0 Å². The maximum absolute atomic E-state index is 4.08. The Hall–Kier alpha value is -8.20. The summed E-state index contributed by atoms with van der Waals surface area (Å²) in [6, 6.07) is 84.8. The zero-order valence-electron chi connectivity index (χ0n) is 36.3. The predicted octanol–water partition coefficient (Wildman–Crippen LogP) is 17.0. The average Bonchev–Trinajstić information content (AvgIpc) is 3.62. The quantitative estimate of drug-likeness (QED) is 0.121. The SMILES string of the molecule is C=Cc1ccc(CC2(Cc3ccc(C=C)cc3)c3cc(N(c4ccccc4)c4ccc5ccccc5c4)ccc3-c3ccc(N(c4ccccc4)c4ccc5ccccc5c4)cc32)cc1. The van der Waals surface area contributed by atoms with E-state index in [1.165, 1.54) is 54.9 Å². The second-order valence-electron chi connectivity index (χ2n) is 17.2. The Labute approximate surface area is 382 Å². The number of anilines is 6. The highest BCUT2D eigenvalue weighted by atomic mass is 15.1. The predicted molar refractivity (Wildman–Crippen MR) is 278 cm³/mol. The van der Waals surface area contributed by atoms with Gasteiger partial charge < -0.3 is 9.80 Å². The molecule has 65 heavy (non-hydrogen) atoms. The summed E-state index contributed by atoms with van der Waals surface area (Å²) in [6.07, 6.45) is 5.44. The molecule has 10 aromatic rings. The number of hydrogen-bond acceptors (Lipinski definition) is 2. The van der Waals surface area contributed by atoms with E-state index in [0.717, 1.165) is 58.1 Å². The maximum Gasteiger partial charge on any atom is 0.0468 e. The van der Waals surface area contributed by atoms with Gasteiger partial charge in [0.1, 0.15) is 0 Å². The summed E-state index contributed by atoms with van der Waals surface area (Å²) in [5.74, 6) is 0. The molecule has 0 radical (unpaired) electrons. The lowest BCUT2D eigenvalue weighted by Crippen LogP contribution is -2.31. The molecule has 0 saturated carbocycles. The molecule has 10 aromatic carbocycles. The van der Waals surface area contributed by atoms with Crippen molar-refractivity contribution < 1.29 is 0 Å². The van der Waals surface area contributed by atoms with Gasteiger partial charge in [0.15, 0.2) is 0 Å². The fourth-order valence-electron chi connectivity index (χ4n) is 10.1. The fourth-order valence-corrected chi connectivity index (χ4v) is 10.1. The van der Waals surface area contributed by atoms with Crippen LogP contribution in [0, 0.1) is 0 Å². The first-order chi connectivity index (χ1) is 32.1. The third-order valence-corrected chi connectivity index (χ3v) is 13.3. The third kappa shape index (κ3) is 7.39. The van der Waals surface area contributed by atoms with E-state index in [0.29, 0.717) is 0 Å². The van der Waals surface area contributed by atoms with E-state index in [1.807, 2.05) is 12.2 Å². The molecule has 0 saturated heterocycles. The number of nitrogens with zero attached hydrogens (tertiary/aromatic N) is 2. The lowest BCUT2D eigenvalue weighted by atomic mass is 9.69. The van der Waals surface area contributed by atoms with Gasteiger partial charge in [-0.15, -0.1) is 0 Å². The molecule has 0 bridgehead atoms. The number of benzene rings is 10. The fraction of sp³-hybridized carbons (Fsp3) is 0.0476. The Bertz CT molecular complexity index is 3120. The van der Waals surface area contributed by atoms with Crippen LogP contribution in [0.3, 0.4) is 0 Å². The minimum atomic E-state index is -0.459. The van der Waals surface area contributed by atoms with E-state index < -0.39 is 5.41 Å². The van der Waals surface area contributed by atoms with Crippen molar-refractivity contribution in [3.63, 3.8) is 0 Å². The monoisotopic (exact) mass is 832 g/mol. The Kier molecular flexibility index (Phi) is 10.3. The Balaban J connectivity index is 1.16. The van der Waals surface area contributed by atoms with Crippen molar-refractivity contribution in [2.24, 2.45) is 0 Å². The summed E-state index contributed by atoms with van der Waals surface area (Å²) in [7, 11) is 0. The Morgan fingerprint density at radius 3 is 1.08 bits per heavy atom. The zero-order chi connectivity index (χ0) is 43.7. The van der Waals surface area contributed by atoms with Crippen LogP contribution in [0.15, 0.2) is 244 Å². The summed E-state index contributed by atoms with van der Waals surface area (Å²) in [6.45, 7) is 8.15. The molecule has 0 fully saturated rings. The van der Waals surface area contributed by atoms with Crippen molar-refractivity contribution in [1.82, 2.24) is 0 Å². The highest BCUT2D eigenvalue weighted by Crippen LogP contribution is 2.55. The molecule has 0 aromatic heterocycles. The van der Waals surface area contributed by atoms with Gasteiger partial charge in [0.2, 0.25) is 0 Å². The molecule has 11 rings (SSSR count). The summed E-state index contributed by atoms with van der Waals surface area (Å²) < 4.78 is 0. The number of para-hydroxylation sites is 2. The first kappa shape index (κ1) is 39.6. The molecule has 2 nitrogen and oxygen atoms in total. The molecular weight excluding hydrogens is 785 g/mol. The minimum Gasteiger partial charge on any atom is -0.310 e. The number of rotatable bonds is 12. The van der Waals surface area contributed by atoms with E-state index in [9.17, 15) is 0 Å². The average molecular weight is 833 g/mol. The van der Waals surface area contributed by atoms with Gasteiger partial charge >= 0.3 is 0 Å². The molecule has 0 aliphatic heterocycles. The molecule has 1 aliphatic carbocycles. The van der Waals surface area contributed by atoms with Gasteiger partial charge in [0.25, 0.3) is 0 Å². The van der Waals surface area contributed by atoms with E-state index in [4.69, 9.17) is 0 Å². The van der Waals surface area contributed by atoms with Crippen LogP contribution >= 0.6 is 0 Å². The molecule has 1 aliphatic rings. The van der Waals surface area contributed by atoms with Crippen LogP contribution in [-0.2, 0) is 18.3 Å². The first-order valence-corrected chi connectivity index (χ1v) is 22.5. The standard InChI is InChI=1S/C63H48N2/c1-3-45-23-27-47(28-24-45)43-63(44-48-29-25-46(4-2)26-30-48)61-41-57(64(53-19-7-5-8-20-53)55-33-31-49-15-11-13-17-51(49)39-55)35-37-59(61)60-38-36-58(42-62(60)63)65(54-21-9-6-10-22-54)56-34-32-50-16-12-14-18-52(50)40-56/h3-42H,1-2,43-44H2. The Morgan fingerprint density at radius 1 is 0.323 bits per heavy atom. The zero-order valence-corrected chi connectivity index (χ0v) is 36.3. The van der Waals surface area contributed by atoms with Gasteiger partial charge in [-0.3, -0.25) is 0 Å². The molecule has 0 amide bonds. The van der Waals surface area contributed by atoms with Crippen LogP contribution < -0.4 is 9.80 Å². The van der Waals surface area contributed by atoms with Gasteiger partial charge in [-0.2, -0.15) is 0 Å². The van der Waals surface area contributed by atoms with Gasteiger partial charge in [-0.05, 0) is 152 Å². The largest absolute Gasteiger partial charge is 0.310 e. The van der Waals surface area contributed by atoms with Crippen molar-refractivity contribution >= 4 is 67.8 Å². The molecule has 0 atom stereocenters. The van der Waals surface area contributed by atoms with E-state index in [-0.39, 0.29) is 0 Å². The lowest BCUT2D eigenvalue weighted by Gasteiger charge is -2.35. The van der Waals surface area contributed by atoms with E-state index >= 15 is 0 Å². The molecule has 0 heterocycles. The minimum absolute atomic E-state index is 0.459. The molecular formula is C63H48N2. The van der Waals surface area contributed by atoms with Crippen LogP contribution in [0.25, 0.3) is 44.8 Å². The molecule has 310 valence electrons. The van der Waals surface area contributed by atoms with E-state index in [2.05, 4.69) is 253 Å². The van der Waals surface area contributed by atoms with E-state index in [1.54, 1.807) is 0 Å². The van der Waals surface area contributed by atoms with Crippen molar-refractivity contribution in [3.05, 3.63) is 277 Å². The molecule has 2 heteroatoms. The lowest BCUT2D eigenvalue weighted by molar-refractivity contribution is 0.520. The summed E-state index contributed by atoms with van der Waals surface area (Å²) in [4.78, 5) is 4.83. The van der Waals surface area contributed by atoms with Crippen molar-refractivity contribution in [3.8, 4) is 11.1 Å². The van der Waals surface area contributed by atoms with Crippen LogP contribution in [0.4, 0.5) is 34.1 Å². The molecule has 0 spiro atoms. The molecule has 0 unspecified atom stereocenters. The highest BCUT2D eigenvalue weighted by molar-refractivity contribution is 5.93. The van der Waals surface area contributed by atoms with Crippen LogP contribution in [-0.4, -0.2) is 0 Å². The van der Waals surface area contributed by atoms with Crippen molar-refractivity contribution in [2.45, 2.75) is 18.3 Å². The summed E-state index contributed by atoms with van der Waals surface area (Å²) in [5, 5.41) is 4.87. The van der Waals surface area contributed by atoms with Crippen LogP contribution in [0.1, 0.15) is 33.4 Å². The Morgan fingerprint density at radius 2 is 0.677 bits per heavy atom. The first-order valence-electron chi connectivity index (χ1n) is 22.5. The smallest absolute Gasteiger partial charge is 0.0468 e. The summed E-state index contributed by atoms with van der Waals surface area (Å²) >= 11 is 0. The number of hydrogen-bond donors (Lipinski definition) is 0. The van der Waals surface area contributed by atoms with Crippen LogP contribution in [0.2, 0.25) is 0 Å². The number of fused-ring (bicyclic) bond motifs is 5. The second-order valence-corrected chi connectivity index (χ2v) is 17.2. The normalized spacial score (nSPS) is 12.4. The summed E-state index contributed by atoms with van der Waals surface area (Å²) in [5.41, 5.74) is 16.2. The highest BCUT2D eigenvalue weighted by Gasteiger charge is 2.44. The third-order valence-electron chi connectivity index (χ3n) is 13.3. The van der Waals surface area contributed by atoms with Gasteiger partial charge in [-0.1, -0.05) is 183 Å². The van der Waals surface area contributed by atoms with Gasteiger partial charge in [-0.25, -0.2) is 0 Å². The van der Waals surface area contributed by atoms with Gasteiger partial charge in [0.05, 0.1) is 0 Å². The van der Waals surface area contributed by atoms with Crippen LogP contribution in [0.5, 0.6) is 0 Å². The second kappa shape index (κ2) is 16.8. The van der Waals surface area contributed by atoms with Crippen molar-refractivity contribution in [2.75, 3.05) is 9.80 Å². The topological polar surface area (TPSA) is 6.48 Å². The van der Waals surface area contributed by atoms with Gasteiger partial charge in [0, 0.05) is 39.5 Å².